The summed E-state index contributed by atoms with van der Waals surface area (Å²) in [5.74, 6) is 1.00. The van der Waals surface area contributed by atoms with Crippen LogP contribution in [0.15, 0.2) is 48.7 Å². The number of anilines is 2. The number of carbonyl (C=O) groups excluding carboxylic acids is 2. The molecule has 1 atom stereocenters. The Bertz CT molecular complexity index is 1110. The van der Waals surface area contributed by atoms with Gasteiger partial charge in [-0.25, -0.2) is 4.68 Å². The first-order chi connectivity index (χ1) is 14.5. The van der Waals surface area contributed by atoms with Crippen molar-refractivity contribution in [3.05, 3.63) is 53.7 Å². The van der Waals surface area contributed by atoms with E-state index in [0.717, 1.165) is 11.1 Å². The highest BCUT2D eigenvalue weighted by molar-refractivity contribution is 6.30. The minimum absolute atomic E-state index is 0.0737. The van der Waals surface area contributed by atoms with E-state index in [1.165, 1.54) is 11.8 Å². The van der Waals surface area contributed by atoms with Gasteiger partial charge in [-0.1, -0.05) is 23.7 Å². The number of hydrogen-bond donors (Lipinski definition) is 2. The zero-order valence-electron chi connectivity index (χ0n) is 16.3. The van der Waals surface area contributed by atoms with Crippen LogP contribution in [0.4, 0.5) is 11.5 Å². The zero-order chi connectivity index (χ0) is 21.3. The van der Waals surface area contributed by atoms with E-state index < -0.39 is 6.04 Å². The molecule has 1 aliphatic heterocycles. The van der Waals surface area contributed by atoms with E-state index in [2.05, 4.69) is 15.7 Å². The van der Waals surface area contributed by atoms with E-state index in [1.54, 1.807) is 43.6 Å². The van der Waals surface area contributed by atoms with Crippen molar-refractivity contribution in [2.75, 3.05) is 24.9 Å². The van der Waals surface area contributed by atoms with Crippen molar-refractivity contribution in [1.29, 1.82) is 0 Å². The molecule has 0 spiro atoms. The van der Waals surface area contributed by atoms with Gasteiger partial charge in [0.2, 0.25) is 5.91 Å². The SMILES string of the molecule is COc1ccc(NC(=O)CC2C(=O)Nc3c(-c4ccc(Cl)cc4)cnn32)c(OC)c1. The number of amides is 2. The Balaban J connectivity index is 1.52. The lowest BCUT2D eigenvalue weighted by Crippen LogP contribution is -2.23. The molecule has 8 nitrogen and oxygen atoms in total. The second kappa shape index (κ2) is 8.08. The summed E-state index contributed by atoms with van der Waals surface area (Å²) in [6.07, 6.45) is 1.59. The smallest absolute Gasteiger partial charge is 0.251 e. The fourth-order valence-electron chi connectivity index (χ4n) is 3.33. The molecule has 0 fully saturated rings. The Morgan fingerprint density at radius 2 is 1.97 bits per heavy atom. The number of halogens is 1. The van der Waals surface area contributed by atoms with Gasteiger partial charge in [-0.3, -0.25) is 9.59 Å². The van der Waals surface area contributed by atoms with E-state index in [1.807, 2.05) is 12.1 Å². The van der Waals surface area contributed by atoms with Crippen LogP contribution in [0.3, 0.4) is 0 Å². The predicted octanol–water partition coefficient (Wildman–Crippen LogP) is 3.74. The highest BCUT2D eigenvalue weighted by Gasteiger charge is 2.35. The molecule has 2 amide bonds. The molecular formula is C21H19ClN4O4. The summed E-state index contributed by atoms with van der Waals surface area (Å²) < 4.78 is 12.0. The molecule has 0 aliphatic carbocycles. The highest BCUT2D eigenvalue weighted by atomic mass is 35.5. The quantitative estimate of drug-likeness (QED) is 0.626. The summed E-state index contributed by atoms with van der Waals surface area (Å²) in [5, 5.41) is 10.5. The second-order valence-corrected chi connectivity index (χ2v) is 7.12. The van der Waals surface area contributed by atoms with Crippen LogP contribution in [0, 0.1) is 0 Å². The topological polar surface area (TPSA) is 94.5 Å². The number of rotatable bonds is 6. The van der Waals surface area contributed by atoms with E-state index in [4.69, 9.17) is 21.1 Å². The molecule has 1 aromatic heterocycles. The van der Waals surface area contributed by atoms with Crippen molar-refractivity contribution in [3.63, 3.8) is 0 Å². The van der Waals surface area contributed by atoms with Crippen molar-refractivity contribution in [2.45, 2.75) is 12.5 Å². The molecule has 0 saturated carbocycles. The van der Waals surface area contributed by atoms with Crippen molar-refractivity contribution >= 4 is 34.9 Å². The first kappa shape index (κ1) is 19.8. The third kappa shape index (κ3) is 3.69. The van der Waals surface area contributed by atoms with Crippen LogP contribution >= 0.6 is 11.6 Å². The largest absolute Gasteiger partial charge is 0.497 e. The predicted molar refractivity (Wildman–Crippen MR) is 113 cm³/mol. The number of aromatic nitrogens is 2. The van der Waals surface area contributed by atoms with E-state index in [9.17, 15) is 9.59 Å². The molecule has 1 unspecified atom stereocenters. The van der Waals surface area contributed by atoms with E-state index in [0.29, 0.717) is 28.0 Å². The fourth-order valence-corrected chi connectivity index (χ4v) is 3.46. The molecule has 3 aromatic rings. The number of nitrogens with one attached hydrogen (secondary N) is 2. The van der Waals surface area contributed by atoms with Gasteiger partial charge >= 0.3 is 0 Å². The lowest BCUT2D eigenvalue weighted by Gasteiger charge is -2.13. The van der Waals surface area contributed by atoms with Crippen molar-refractivity contribution in [3.8, 4) is 22.6 Å². The van der Waals surface area contributed by atoms with Gasteiger partial charge in [0.25, 0.3) is 5.91 Å². The Hall–Kier alpha value is -3.52. The Morgan fingerprint density at radius 3 is 2.67 bits per heavy atom. The monoisotopic (exact) mass is 426 g/mol. The zero-order valence-corrected chi connectivity index (χ0v) is 17.1. The number of hydrogen-bond acceptors (Lipinski definition) is 5. The summed E-state index contributed by atoms with van der Waals surface area (Å²) in [4.78, 5) is 25.1. The summed E-state index contributed by atoms with van der Waals surface area (Å²) in [7, 11) is 3.05. The van der Waals surface area contributed by atoms with Gasteiger partial charge in [-0.15, -0.1) is 0 Å². The number of nitrogens with zero attached hydrogens (tertiary/aromatic N) is 2. The lowest BCUT2D eigenvalue weighted by atomic mass is 10.1. The van der Waals surface area contributed by atoms with Gasteiger partial charge in [0, 0.05) is 16.7 Å². The number of methoxy groups -OCH3 is 2. The molecule has 2 aromatic carbocycles. The summed E-state index contributed by atoms with van der Waals surface area (Å²) >= 11 is 5.95. The Labute approximate surface area is 177 Å². The van der Waals surface area contributed by atoms with Crippen molar-refractivity contribution < 1.29 is 19.1 Å². The third-order valence-corrected chi connectivity index (χ3v) is 5.10. The number of carbonyl (C=O) groups is 2. The third-order valence-electron chi connectivity index (χ3n) is 4.85. The highest BCUT2D eigenvalue weighted by Crippen LogP contribution is 2.36. The number of fused-ring (bicyclic) bond motifs is 1. The maximum absolute atomic E-state index is 12.6. The molecule has 9 heteroatoms. The lowest BCUT2D eigenvalue weighted by molar-refractivity contribution is -0.123. The van der Waals surface area contributed by atoms with E-state index in [-0.39, 0.29) is 18.2 Å². The van der Waals surface area contributed by atoms with Gasteiger partial charge < -0.3 is 20.1 Å². The second-order valence-electron chi connectivity index (χ2n) is 6.68. The maximum Gasteiger partial charge on any atom is 0.251 e. The van der Waals surface area contributed by atoms with Gasteiger partial charge in [0.15, 0.2) is 0 Å². The Kier molecular flexibility index (Phi) is 5.33. The van der Waals surface area contributed by atoms with Crippen LogP contribution in [0.25, 0.3) is 11.1 Å². The van der Waals surface area contributed by atoms with Crippen LogP contribution in [0.2, 0.25) is 5.02 Å². The minimum atomic E-state index is -0.745. The number of benzene rings is 2. The van der Waals surface area contributed by atoms with Crippen LogP contribution in [-0.2, 0) is 9.59 Å². The molecule has 30 heavy (non-hydrogen) atoms. The van der Waals surface area contributed by atoms with E-state index >= 15 is 0 Å². The Morgan fingerprint density at radius 1 is 1.20 bits per heavy atom. The summed E-state index contributed by atoms with van der Waals surface area (Å²) in [6, 6.07) is 11.6. The van der Waals surface area contributed by atoms with Crippen LogP contribution in [0.5, 0.6) is 11.5 Å². The van der Waals surface area contributed by atoms with Crippen LogP contribution in [0.1, 0.15) is 12.5 Å². The van der Waals surface area contributed by atoms with Crippen LogP contribution < -0.4 is 20.1 Å². The van der Waals surface area contributed by atoms with Gasteiger partial charge in [-0.2, -0.15) is 5.10 Å². The first-order valence-corrected chi connectivity index (χ1v) is 9.54. The standard InChI is InChI=1S/C21H19ClN4O4/c1-29-14-7-8-16(18(9-14)30-2)24-19(27)10-17-21(28)25-20-15(11-23-26(17)20)12-3-5-13(22)6-4-12/h3-9,11,17H,10H2,1-2H3,(H,24,27)(H,25,28). The summed E-state index contributed by atoms with van der Waals surface area (Å²) in [5.41, 5.74) is 2.12. The maximum atomic E-state index is 12.6. The fraction of sp³-hybridized carbons (Fsp3) is 0.190. The normalized spacial score (nSPS) is 14.8. The average molecular weight is 427 g/mol. The van der Waals surface area contributed by atoms with Crippen LogP contribution in [-0.4, -0.2) is 35.8 Å². The van der Waals surface area contributed by atoms with Gasteiger partial charge in [0.05, 0.1) is 32.5 Å². The molecule has 1 aliphatic rings. The molecule has 154 valence electrons. The number of ether oxygens (including phenoxy) is 2. The molecule has 0 saturated heterocycles. The minimum Gasteiger partial charge on any atom is -0.497 e. The molecular weight excluding hydrogens is 408 g/mol. The van der Waals surface area contributed by atoms with Gasteiger partial charge in [-0.05, 0) is 29.8 Å². The molecule has 0 radical (unpaired) electrons. The van der Waals surface area contributed by atoms with Crippen molar-refractivity contribution in [1.82, 2.24) is 9.78 Å². The average Bonchev–Trinajstić information content (AvgIpc) is 3.28. The van der Waals surface area contributed by atoms with Crippen molar-refractivity contribution in [2.24, 2.45) is 0 Å². The molecule has 0 bridgehead atoms. The molecule has 4 rings (SSSR count). The first-order valence-electron chi connectivity index (χ1n) is 9.16. The molecule has 2 heterocycles. The van der Waals surface area contributed by atoms with Gasteiger partial charge in [0.1, 0.15) is 23.4 Å². The summed E-state index contributed by atoms with van der Waals surface area (Å²) in [6.45, 7) is 0. The molecule has 2 N–H and O–H groups in total.